The fourth-order valence-electron chi connectivity index (χ4n) is 1.79. The topological polar surface area (TPSA) is 20.3 Å². The molecule has 0 saturated heterocycles. The van der Waals surface area contributed by atoms with Gasteiger partial charge in [0.05, 0.1) is 10.6 Å². The predicted octanol–water partition coefficient (Wildman–Crippen LogP) is 3.89. The van der Waals surface area contributed by atoms with Crippen molar-refractivity contribution in [2.45, 2.75) is 13.3 Å². The summed E-state index contributed by atoms with van der Waals surface area (Å²) in [5.74, 6) is 0.0000463. The molecule has 0 aromatic heterocycles. The molecule has 0 bridgehead atoms. The van der Waals surface area contributed by atoms with Gasteiger partial charge in [-0.2, -0.15) is 0 Å². The first-order valence-electron chi connectivity index (χ1n) is 5.48. The molecule has 2 nitrogen and oxygen atoms in total. The molecule has 0 radical (unpaired) electrons. The van der Waals surface area contributed by atoms with Gasteiger partial charge in [-0.25, -0.2) is 0 Å². The maximum absolute atomic E-state index is 12.3. The van der Waals surface area contributed by atoms with Gasteiger partial charge in [0.25, 0.3) is 5.91 Å². The summed E-state index contributed by atoms with van der Waals surface area (Å²) in [6, 6.07) is 5.35. The first kappa shape index (κ1) is 12.7. The van der Waals surface area contributed by atoms with Crippen molar-refractivity contribution in [3.63, 3.8) is 0 Å². The van der Waals surface area contributed by atoms with Crippen LogP contribution in [0.25, 0.3) is 0 Å². The molecular formula is C13H13BrClNO. The van der Waals surface area contributed by atoms with E-state index in [9.17, 15) is 4.79 Å². The van der Waals surface area contributed by atoms with Crippen molar-refractivity contribution >= 4 is 33.4 Å². The highest BCUT2D eigenvalue weighted by atomic mass is 79.9. The summed E-state index contributed by atoms with van der Waals surface area (Å²) in [6.07, 6.45) is 3.03. The SMILES string of the molecule is CC1=CCN(C(=O)c2cc(Br)ccc2Cl)CC1. The summed E-state index contributed by atoms with van der Waals surface area (Å²) < 4.78 is 0.869. The lowest BCUT2D eigenvalue weighted by Crippen LogP contribution is -2.34. The molecule has 0 spiro atoms. The fourth-order valence-corrected chi connectivity index (χ4v) is 2.35. The number of halogens is 2. The second-order valence-corrected chi connectivity index (χ2v) is 5.50. The van der Waals surface area contributed by atoms with Crippen LogP contribution in [-0.2, 0) is 0 Å². The Morgan fingerprint density at radius 3 is 2.88 bits per heavy atom. The minimum Gasteiger partial charge on any atom is -0.335 e. The lowest BCUT2D eigenvalue weighted by atomic mass is 10.1. The van der Waals surface area contributed by atoms with Crippen molar-refractivity contribution in [2.24, 2.45) is 0 Å². The Hall–Kier alpha value is -0.800. The van der Waals surface area contributed by atoms with E-state index in [1.54, 1.807) is 12.1 Å². The highest BCUT2D eigenvalue weighted by Crippen LogP contribution is 2.23. The zero-order valence-electron chi connectivity index (χ0n) is 9.54. The minimum absolute atomic E-state index is 0.0000463. The molecule has 1 amide bonds. The zero-order chi connectivity index (χ0) is 12.4. The quantitative estimate of drug-likeness (QED) is 0.720. The number of hydrogen-bond acceptors (Lipinski definition) is 1. The van der Waals surface area contributed by atoms with E-state index in [2.05, 4.69) is 28.9 Å². The van der Waals surface area contributed by atoms with Crippen molar-refractivity contribution < 1.29 is 4.79 Å². The Balaban J connectivity index is 2.23. The van der Waals surface area contributed by atoms with Crippen LogP contribution in [0.4, 0.5) is 0 Å². The number of rotatable bonds is 1. The van der Waals surface area contributed by atoms with Crippen LogP contribution in [0.2, 0.25) is 5.02 Å². The summed E-state index contributed by atoms with van der Waals surface area (Å²) in [7, 11) is 0. The molecule has 0 fully saturated rings. The summed E-state index contributed by atoms with van der Waals surface area (Å²) in [6.45, 7) is 3.53. The Bertz CT molecular complexity index is 484. The van der Waals surface area contributed by atoms with Gasteiger partial charge in [0, 0.05) is 17.6 Å². The second kappa shape index (κ2) is 5.23. The molecule has 0 unspecified atom stereocenters. The van der Waals surface area contributed by atoms with Crippen molar-refractivity contribution in [2.75, 3.05) is 13.1 Å². The normalized spacial score (nSPS) is 15.7. The zero-order valence-corrected chi connectivity index (χ0v) is 11.9. The highest BCUT2D eigenvalue weighted by Gasteiger charge is 2.19. The molecule has 0 N–H and O–H groups in total. The van der Waals surface area contributed by atoms with Crippen LogP contribution >= 0.6 is 27.5 Å². The summed E-state index contributed by atoms with van der Waals surface area (Å²) in [5.41, 5.74) is 1.91. The van der Waals surface area contributed by atoms with Gasteiger partial charge in [-0.15, -0.1) is 0 Å². The van der Waals surface area contributed by atoms with Gasteiger partial charge in [-0.1, -0.05) is 39.2 Å². The maximum atomic E-state index is 12.3. The molecule has 0 saturated carbocycles. The van der Waals surface area contributed by atoms with Gasteiger partial charge in [-0.3, -0.25) is 4.79 Å². The van der Waals surface area contributed by atoms with Gasteiger partial charge in [0.1, 0.15) is 0 Å². The van der Waals surface area contributed by atoms with E-state index in [0.29, 0.717) is 17.1 Å². The lowest BCUT2D eigenvalue weighted by Gasteiger charge is -2.25. The molecule has 1 aliphatic rings. The largest absolute Gasteiger partial charge is 0.335 e. The Kier molecular flexibility index (Phi) is 3.89. The maximum Gasteiger partial charge on any atom is 0.255 e. The molecule has 4 heteroatoms. The van der Waals surface area contributed by atoms with Gasteiger partial charge in [0.2, 0.25) is 0 Å². The van der Waals surface area contributed by atoms with E-state index in [-0.39, 0.29) is 5.91 Å². The Morgan fingerprint density at radius 1 is 1.47 bits per heavy atom. The van der Waals surface area contributed by atoms with E-state index in [4.69, 9.17) is 11.6 Å². The van der Waals surface area contributed by atoms with E-state index in [1.807, 2.05) is 11.0 Å². The first-order chi connectivity index (χ1) is 8.08. The van der Waals surface area contributed by atoms with Crippen LogP contribution in [0.3, 0.4) is 0 Å². The average Bonchev–Trinajstić information content (AvgIpc) is 2.32. The number of nitrogens with zero attached hydrogens (tertiary/aromatic N) is 1. The number of benzene rings is 1. The van der Waals surface area contributed by atoms with Crippen molar-refractivity contribution in [3.05, 3.63) is 44.9 Å². The highest BCUT2D eigenvalue weighted by molar-refractivity contribution is 9.10. The number of hydrogen-bond donors (Lipinski definition) is 0. The van der Waals surface area contributed by atoms with Crippen LogP contribution in [0, 0.1) is 0 Å². The van der Waals surface area contributed by atoms with E-state index in [0.717, 1.165) is 17.4 Å². The van der Waals surface area contributed by atoms with Gasteiger partial charge in [-0.05, 0) is 31.5 Å². The van der Waals surface area contributed by atoms with E-state index in [1.165, 1.54) is 5.57 Å². The molecule has 17 heavy (non-hydrogen) atoms. The van der Waals surface area contributed by atoms with Crippen LogP contribution < -0.4 is 0 Å². The van der Waals surface area contributed by atoms with Crippen LogP contribution in [0.15, 0.2) is 34.3 Å². The van der Waals surface area contributed by atoms with Crippen molar-refractivity contribution in [1.82, 2.24) is 4.90 Å². The molecule has 1 aliphatic heterocycles. The predicted molar refractivity (Wildman–Crippen MR) is 73.4 cm³/mol. The monoisotopic (exact) mass is 313 g/mol. The van der Waals surface area contributed by atoms with Crippen LogP contribution in [0.5, 0.6) is 0 Å². The molecule has 90 valence electrons. The standard InChI is InChI=1S/C13H13BrClNO/c1-9-4-6-16(7-5-9)13(17)11-8-10(14)2-3-12(11)15/h2-4,8H,5-7H2,1H3. The Morgan fingerprint density at radius 2 is 2.24 bits per heavy atom. The molecule has 1 aromatic rings. The van der Waals surface area contributed by atoms with Gasteiger partial charge in [0.15, 0.2) is 0 Å². The van der Waals surface area contributed by atoms with Crippen LogP contribution in [-0.4, -0.2) is 23.9 Å². The lowest BCUT2D eigenvalue weighted by molar-refractivity contribution is 0.0769. The average molecular weight is 315 g/mol. The smallest absolute Gasteiger partial charge is 0.255 e. The molecular weight excluding hydrogens is 302 g/mol. The summed E-state index contributed by atoms with van der Waals surface area (Å²) in [5, 5.41) is 0.504. The molecule has 0 aliphatic carbocycles. The second-order valence-electron chi connectivity index (χ2n) is 4.18. The molecule has 2 rings (SSSR count). The summed E-state index contributed by atoms with van der Waals surface area (Å²) in [4.78, 5) is 14.1. The fraction of sp³-hybridized carbons (Fsp3) is 0.308. The third kappa shape index (κ3) is 2.90. The Labute approximate surface area is 114 Å². The molecule has 1 heterocycles. The molecule has 0 atom stereocenters. The summed E-state index contributed by atoms with van der Waals surface area (Å²) >= 11 is 9.41. The number of carbonyl (C=O) groups excluding carboxylic acids is 1. The van der Waals surface area contributed by atoms with Crippen molar-refractivity contribution in [1.29, 1.82) is 0 Å². The number of amides is 1. The van der Waals surface area contributed by atoms with Gasteiger partial charge < -0.3 is 4.90 Å². The van der Waals surface area contributed by atoms with Crippen molar-refractivity contribution in [3.8, 4) is 0 Å². The first-order valence-corrected chi connectivity index (χ1v) is 6.65. The van der Waals surface area contributed by atoms with Gasteiger partial charge >= 0.3 is 0 Å². The third-order valence-electron chi connectivity index (χ3n) is 2.88. The molecule has 1 aromatic carbocycles. The third-order valence-corrected chi connectivity index (χ3v) is 3.71. The van der Waals surface area contributed by atoms with Crippen LogP contribution in [0.1, 0.15) is 23.7 Å². The van der Waals surface area contributed by atoms with E-state index < -0.39 is 0 Å². The minimum atomic E-state index is 0.0000463. The van der Waals surface area contributed by atoms with E-state index >= 15 is 0 Å². The number of carbonyl (C=O) groups is 1.